The Labute approximate surface area is 164 Å². The quantitative estimate of drug-likeness (QED) is 0.581. The lowest BCUT2D eigenvalue weighted by Gasteiger charge is -2.36. The standard InChI is InChI=1S/C19H24N2O3S2/c1-12-8-13(2)11-20(10-12)19(25)26-16-9-17(22)21(18(16)23)14-4-6-15(24-3)7-5-14/h4-7,12-13,16H,8-11H2,1-3H3/t12-,13-,16-/m0/s1. The number of nitrogens with zero attached hydrogens (tertiary/aromatic N) is 2. The van der Waals surface area contributed by atoms with Crippen LogP contribution < -0.4 is 9.64 Å². The molecule has 26 heavy (non-hydrogen) atoms. The summed E-state index contributed by atoms with van der Waals surface area (Å²) in [6, 6.07) is 6.96. The van der Waals surface area contributed by atoms with Gasteiger partial charge in [-0.3, -0.25) is 9.59 Å². The lowest BCUT2D eigenvalue weighted by Crippen LogP contribution is -2.41. The van der Waals surface area contributed by atoms with Crippen LogP contribution in [0.5, 0.6) is 5.75 Å². The van der Waals surface area contributed by atoms with Gasteiger partial charge in [-0.15, -0.1) is 0 Å². The molecule has 2 heterocycles. The van der Waals surface area contributed by atoms with E-state index in [1.165, 1.54) is 23.1 Å². The topological polar surface area (TPSA) is 49.9 Å². The van der Waals surface area contributed by atoms with Crippen LogP contribution in [0.2, 0.25) is 0 Å². The van der Waals surface area contributed by atoms with Crippen molar-refractivity contribution in [1.29, 1.82) is 0 Å². The zero-order chi connectivity index (χ0) is 18.8. The number of methoxy groups -OCH3 is 1. The first kappa shape index (κ1) is 19.2. The van der Waals surface area contributed by atoms with Crippen LogP contribution in [-0.4, -0.2) is 46.5 Å². The Kier molecular flexibility index (Phi) is 5.87. The Morgan fingerprint density at radius 2 is 1.77 bits per heavy atom. The summed E-state index contributed by atoms with van der Waals surface area (Å²) in [5.41, 5.74) is 0.579. The van der Waals surface area contributed by atoms with Crippen molar-refractivity contribution >= 4 is 45.8 Å². The minimum Gasteiger partial charge on any atom is -0.497 e. The van der Waals surface area contributed by atoms with Crippen LogP contribution >= 0.6 is 24.0 Å². The molecule has 1 aromatic rings. The minimum absolute atomic E-state index is 0.180. The lowest BCUT2D eigenvalue weighted by molar-refractivity contribution is -0.121. The van der Waals surface area contributed by atoms with Gasteiger partial charge >= 0.3 is 0 Å². The molecule has 1 aromatic carbocycles. The molecule has 0 saturated carbocycles. The number of likely N-dealkylation sites (tertiary alicyclic amines) is 1. The van der Waals surface area contributed by atoms with Gasteiger partial charge in [-0.2, -0.15) is 0 Å². The number of ether oxygens (including phenoxy) is 1. The van der Waals surface area contributed by atoms with Crippen molar-refractivity contribution in [2.24, 2.45) is 11.8 Å². The molecule has 140 valence electrons. The van der Waals surface area contributed by atoms with Crippen molar-refractivity contribution in [1.82, 2.24) is 4.90 Å². The van der Waals surface area contributed by atoms with E-state index in [4.69, 9.17) is 17.0 Å². The molecule has 3 rings (SSSR count). The smallest absolute Gasteiger partial charge is 0.247 e. The van der Waals surface area contributed by atoms with Gasteiger partial charge in [-0.1, -0.05) is 37.8 Å². The SMILES string of the molecule is COc1ccc(N2C(=O)C[C@H](SC(=S)N3C[C@@H](C)C[C@H](C)C3)C2=O)cc1. The Balaban J connectivity index is 1.67. The van der Waals surface area contributed by atoms with Crippen LogP contribution in [-0.2, 0) is 9.59 Å². The molecular formula is C19H24N2O3S2. The third kappa shape index (κ3) is 4.04. The molecule has 0 spiro atoms. The second kappa shape index (κ2) is 7.96. The second-order valence-corrected chi connectivity index (χ2v) is 9.03. The van der Waals surface area contributed by atoms with E-state index >= 15 is 0 Å². The highest BCUT2D eigenvalue weighted by Crippen LogP contribution is 2.33. The maximum Gasteiger partial charge on any atom is 0.247 e. The Morgan fingerprint density at radius 3 is 2.35 bits per heavy atom. The average Bonchev–Trinajstić information content (AvgIpc) is 2.88. The lowest BCUT2D eigenvalue weighted by atomic mass is 9.92. The Morgan fingerprint density at radius 1 is 1.15 bits per heavy atom. The number of hydrogen-bond acceptors (Lipinski definition) is 5. The fourth-order valence-electron chi connectivity index (χ4n) is 3.71. The third-order valence-corrected chi connectivity index (χ3v) is 6.47. The molecule has 2 aliphatic heterocycles. The maximum absolute atomic E-state index is 12.8. The van der Waals surface area contributed by atoms with Crippen LogP contribution in [0, 0.1) is 11.8 Å². The predicted octanol–water partition coefficient (Wildman–Crippen LogP) is 3.32. The number of imide groups is 1. The molecule has 7 heteroatoms. The third-order valence-electron chi connectivity index (χ3n) is 4.81. The largest absolute Gasteiger partial charge is 0.497 e. The van der Waals surface area contributed by atoms with Gasteiger partial charge in [0.25, 0.3) is 0 Å². The van der Waals surface area contributed by atoms with Crippen LogP contribution in [0.15, 0.2) is 24.3 Å². The molecule has 2 fully saturated rings. The molecule has 0 radical (unpaired) electrons. The molecule has 0 aromatic heterocycles. The number of carbonyl (C=O) groups is 2. The first-order valence-electron chi connectivity index (χ1n) is 8.85. The zero-order valence-electron chi connectivity index (χ0n) is 15.3. The monoisotopic (exact) mass is 392 g/mol. The van der Waals surface area contributed by atoms with Crippen molar-refractivity contribution in [3.8, 4) is 5.75 Å². The van der Waals surface area contributed by atoms with E-state index in [9.17, 15) is 9.59 Å². The number of piperidine rings is 1. The first-order valence-corrected chi connectivity index (χ1v) is 10.1. The average molecular weight is 393 g/mol. The molecule has 0 unspecified atom stereocenters. The molecular weight excluding hydrogens is 368 g/mol. The molecule has 2 saturated heterocycles. The molecule has 3 atom stereocenters. The summed E-state index contributed by atoms with van der Waals surface area (Å²) in [5.74, 6) is 1.50. The molecule has 2 amide bonds. The van der Waals surface area contributed by atoms with Crippen LogP contribution in [0.25, 0.3) is 0 Å². The number of anilines is 1. The highest BCUT2D eigenvalue weighted by Gasteiger charge is 2.41. The fourth-order valence-corrected chi connectivity index (χ4v) is 5.18. The number of thiocarbonyl (C=S) groups is 1. The van der Waals surface area contributed by atoms with Gasteiger partial charge in [-0.25, -0.2) is 4.90 Å². The molecule has 2 aliphatic rings. The normalized spacial score (nSPS) is 26.3. The number of amides is 2. The summed E-state index contributed by atoms with van der Waals surface area (Å²) in [6.07, 6.45) is 1.39. The Bertz CT molecular complexity index is 697. The molecule has 0 aliphatic carbocycles. The van der Waals surface area contributed by atoms with E-state index in [1.807, 2.05) is 0 Å². The summed E-state index contributed by atoms with van der Waals surface area (Å²) in [6.45, 7) is 6.30. The van der Waals surface area contributed by atoms with Crippen molar-refractivity contribution < 1.29 is 14.3 Å². The van der Waals surface area contributed by atoms with Crippen molar-refractivity contribution in [2.45, 2.75) is 31.9 Å². The van der Waals surface area contributed by atoms with Crippen molar-refractivity contribution in [2.75, 3.05) is 25.1 Å². The van der Waals surface area contributed by atoms with E-state index in [2.05, 4.69) is 18.7 Å². The summed E-state index contributed by atoms with van der Waals surface area (Å²) in [5, 5.41) is -0.440. The van der Waals surface area contributed by atoms with Crippen LogP contribution in [0.1, 0.15) is 26.7 Å². The van der Waals surface area contributed by atoms with Gasteiger partial charge in [0.15, 0.2) is 0 Å². The predicted molar refractivity (Wildman–Crippen MR) is 109 cm³/mol. The number of thioether (sulfide) groups is 1. The van der Waals surface area contributed by atoms with Crippen molar-refractivity contribution in [3.05, 3.63) is 24.3 Å². The van der Waals surface area contributed by atoms with Crippen LogP contribution in [0.4, 0.5) is 5.69 Å². The summed E-state index contributed by atoms with van der Waals surface area (Å²) >= 11 is 6.94. The highest BCUT2D eigenvalue weighted by molar-refractivity contribution is 8.23. The van der Waals surface area contributed by atoms with E-state index in [0.717, 1.165) is 17.4 Å². The van der Waals surface area contributed by atoms with Crippen molar-refractivity contribution in [3.63, 3.8) is 0 Å². The Hall–Kier alpha value is -1.60. The van der Waals surface area contributed by atoms with E-state index in [1.54, 1.807) is 31.4 Å². The molecule has 0 bridgehead atoms. The van der Waals surface area contributed by atoms with Gasteiger partial charge in [0.05, 0.1) is 12.8 Å². The van der Waals surface area contributed by atoms with Gasteiger partial charge in [-0.05, 0) is 42.5 Å². The summed E-state index contributed by atoms with van der Waals surface area (Å²) in [4.78, 5) is 28.7. The number of carbonyl (C=O) groups excluding carboxylic acids is 2. The van der Waals surface area contributed by atoms with E-state index < -0.39 is 5.25 Å². The minimum atomic E-state index is -0.440. The van der Waals surface area contributed by atoms with Gasteiger partial charge in [0, 0.05) is 19.5 Å². The second-order valence-electron chi connectivity index (χ2n) is 7.19. The summed E-state index contributed by atoms with van der Waals surface area (Å²) in [7, 11) is 1.58. The van der Waals surface area contributed by atoms with Gasteiger partial charge < -0.3 is 9.64 Å². The van der Waals surface area contributed by atoms with E-state index in [0.29, 0.717) is 23.3 Å². The van der Waals surface area contributed by atoms with E-state index in [-0.39, 0.29) is 18.2 Å². The first-order chi connectivity index (χ1) is 12.4. The van der Waals surface area contributed by atoms with Crippen LogP contribution in [0.3, 0.4) is 0 Å². The summed E-state index contributed by atoms with van der Waals surface area (Å²) < 4.78 is 5.86. The zero-order valence-corrected chi connectivity index (χ0v) is 16.9. The maximum atomic E-state index is 12.8. The number of hydrogen-bond donors (Lipinski definition) is 0. The number of benzene rings is 1. The fraction of sp³-hybridized carbons (Fsp3) is 0.526. The number of rotatable bonds is 3. The molecule has 0 N–H and O–H groups in total. The molecule has 5 nitrogen and oxygen atoms in total. The highest BCUT2D eigenvalue weighted by atomic mass is 32.2. The van der Waals surface area contributed by atoms with Gasteiger partial charge in [0.1, 0.15) is 15.3 Å². The van der Waals surface area contributed by atoms with Gasteiger partial charge in [0.2, 0.25) is 11.8 Å².